The van der Waals surface area contributed by atoms with Gasteiger partial charge in [-0.2, -0.15) is 0 Å². The molecule has 0 aliphatic carbocycles. The number of aromatic nitrogens is 1. The first-order chi connectivity index (χ1) is 11.1. The van der Waals surface area contributed by atoms with E-state index >= 15 is 0 Å². The number of ether oxygens (including phenoxy) is 1. The molecule has 5 nitrogen and oxygen atoms in total. The summed E-state index contributed by atoms with van der Waals surface area (Å²) in [6.45, 7) is 2.47. The third-order valence-electron chi connectivity index (χ3n) is 3.36. The highest BCUT2D eigenvalue weighted by Gasteiger charge is 2.04. The summed E-state index contributed by atoms with van der Waals surface area (Å²) in [4.78, 5) is 4.31. The van der Waals surface area contributed by atoms with E-state index in [2.05, 4.69) is 15.6 Å². The second kappa shape index (κ2) is 6.66. The minimum absolute atomic E-state index is 0.556. The fourth-order valence-corrected chi connectivity index (χ4v) is 2.41. The van der Waals surface area contributed by atoms with Crippen molar-refractivity contribution in [1.82, 2.24) is 10.3 Å². The van der Waals surface area contributed by atoms with Crippen molar-refractivity contribution in [3.63, 3.8) is 0 Å². The van der Waals surface area contributed by atoms with Crippen molar-refractivity contribution >= 4 is 34.1 Å². The molecule has 0 atom stereocenters. The van der Waals surface area contributed by atoms with Crippen LogP contribution in [0.25, 0.3) is 11.1 Å². The topological polar surface area (TPSA) is 59.3 Å². The van der Waals surface area contributed by atoms with E-state index in [9.17, 15) is 0 Å². The van der Waals surface area contributed by atoms with Gasteiger partial charge in [-0.15, -0.1) is 0 Å². The van der Waals surface area contributed by atoms with Crippen molar-refractivity contribution in [1.29, 1.82) is 0 Å². The van der Waals surface area contributed by atoms with Crippen LogP contribution in [0.3, 0.4) is 0 Å². The fourth-order valence-electron chi connectivity index (χ4n) is 2.22. The molecule has 1 aromatic heterocycles. The molecular weight excluding hydrogens is 310 g/mol. The Kier molecular flexibility index (Phi) is 4.43. The van der Waals surface area contributed by atoms with Crippen LogP contribution in [0.15, 0.2) is 46.9 Å². The Morgan fingerprint density at radius 1 is 1.22 bits per heavy atom. The Morgan fingerprint density at radius 3 is 2.74 bits per heavy atom. The van der Waals surface area contributed by atoms with E-state index in [1.165, 1.54) is 0 Å². The maximum atomic E-state index is 5.45. The Morgan fingerprint density at radius 2 is 2.00 bits per heavy atom. The predicted octanol–water partition coefficient (Wildman–Crippen LogP) is 3.63. The Balaban J connectivity index is 1.59. The number of rotatable bonds is 4. The average molecular weight is 327 g/mol. The van der Waals surface area contributed by atoms with Gasteiger partial charge in [0, 0.05) is 19.2 Å². The first-order valence-electron chi connectivity index (χ1n) is 7.19. The molecule has 0 saturated heterocycles. The second-order valence-electron chi connectivity index (χ2n) is 5.07. The smallest absolute Gasteiger partial charge is 0.192 e. The summed E-state index contributed by atoms with van der Waals surface area (Å²) >= 11 is 5.32. The normalized spacial score (nSPS) is 10.5. The quantitative estimate of drug-likeness (QED) is 0.714. The summed E-state index contributed by atoms with van der Waals surface area (Å²) in [7, 11) is 1.65. The van der Waals surface area contributed by atoms with Crippen LogP contribution in [-0.2, 0) is 6.54 Å². The lowest BCUT2D eigenvalue weighted by molar-refractivity contribution is 0.414. The van der Waals surface area contributed by atoms with E-state index in [1.807, 2.05) is 49.4 Å². The summed E-state index contributed by atoms with van der Waals surface area (Å²) in [5.74, 6) is 1.49. The number of hydrogen-bond donors (Lipinski definition) is 2. The van der Waals surface area contributed by atoms with E-state index in [4.69, 9.17) is 21.4 Å². The van der Waals surface area contributed by atoms with Gasteiger partial charge in [-0.1, -0.05) is 12.1 Å². The molecule has 2 aromatic carbocycles. The molecule has 0 fully saturated rings. The van der Waals surface area contributed by atoms with E-state index in [0.29, 0.717) is 17.5 Å². The molecule has 6 heteroatoms. The number of aryl methyl sites for hydroxylation is 1. The first kappa shape index (κ1) is 15.3. The number of anilines is 1. The van der Waals surface area contributed by atoms with Crippen molar-refractivity contribution in [3.8, 4) is 5.75 Å². The number of benzene rings is 2. The van der Waals surface area contributed by atoms with Crippen molar-refractivity contribution in [2.24, 2.45) is 0 Å². The van der Waals surface area contributed by atoms with Gasteiger partial charge < -0.3 is 19.8 Å². The number of hydrogen-bond acceptors (Lipinski definition) is 4. The zero-order valence-corrected chi connectivity index (χ0v) is 13.7. The average Bonchev–Trinajstić information content (AvgIpc) is 2.92. The van der Waals surface area contributed by atoms with Crippen LogP contribution < -0.4 is 15.4 Å². The summed E-state index contributed by atoms with van der Waals surface area (Å²) in [6, 6.07) is 13.5. The lowest BCUT2D eigenvalue weighted by Gasteiger charge is -2.10. The van der Waals surface area contributed by atoms with Crippen molar-refractivity contribution < 1.29 is 9.15 Å². The van der Waals surface area contributed by atoms with Crippen LogP contribution in [0, 0.1) is 6.92 Å². The third kappa shape index (κ3) is 3.78. The molecule has 0 amide bonds. The van der Waals surface area contributed by atoms with Crippen LogP contribution in [0.4, 0.5) is 5.69 Å². The summed E-state index contributed by atoms with van der Waals surface area (Å²) in [5, 5.41) is 6.88. The van der Waals surface area contributed by atoms with Crippen molar-refractivity contribution in [2.45, 2.75) is 13.5 Å². The summed E-state index contributed by atoms with van der Waals surface area (Å²) < 4.78 is 10.6. The highest BCUT2D eigenvalue weighted by atomic mass is 32.1. The number of oxazole rings is 1. The van der Waals surface area contributed by atoms with E-state index in [0.717, 1.165) is 28.1 Å². The van der Waals surface area contributed by atoms with Gasteiger partial charge in [0.05, 0.1) is 7.11 Å². The van der Waals surface area contributed by atoms with Crippen molar-refractivity contribution in [3.05, 3.63) is 53.9 Å². The highest BCUT2D eigenvalue weighted by Crippen LogP contribution is 2.19. The Bertz CT molecular complexity index is 827. The summed E-state index contributed by atoms with van der Waals surface area (Å²) in [6.07, 6.45) is 0. The highest BCUT2D eigenvalue weighted by molar-refractivity contribution is 7.80. The number of nitrogens with one attached hydrogen (secondary N) is 2. The van der Waals surface area contributed by atoms with Crippen LogP contribution in [-0.4, -0.2) is 17.2 Å². The third-order valence-corrected chi connectivity index (χ3v) is 3.61. The van der Waals surface area contributed by atoms with Crippen LogP contribution in [0.5, 0.6) is 5.75 Å². The molecule has 0 spiro atoms. The van der Waals surface area contributed by atoms with Gasteiger partial charge in [0.25, 0.3) is 0 Å². The number of fused-ring (bicyclic) bond motifs is 1. The minimum Gasteiger partial charge on any atom is -0.497 e. The molecule has 1 heterocycles. The van der Waals surface area contributed by atoms with Gasteiger partial charge in [-0.05, 0) is 48.1 Å². The number of nitrogens with zero attached hydrogens (tertiary/aromatic N) is 1. The molecule has 3 rings (SSSR count). The van der Waals surface area contributed by atoms with Crippen molar-refractivity contribution in [2.75, 3.05) is 12.4 Å². The first-order valence-corrected chi connectivity index (χ1v) is 7.60. The molecular formula is C17H17N3O2S. The largest absolute Gasteiger partial charge is 0.497 e. The molecule has 2 N–H and O–H groups in total. The molecule has 118 valence electrons. The van der Waals surface area contributed by atoms with Gasteiger partial charge >= 0.3 is 0 Å². The van der Waals surface area contributed by atoms with E-state index < -0.39 is 0 Å². The molecule has 23 heavy (non-hydrogen) atoms. The minimum atomic E-state index is 0.556. The zero-order valence-electron chi connectivity index (χ0n) is 12.9. The van der Waals surface area contributed by atoms with Gasteiger partial charge in [0.1, 0.15) is 11.3 Å². The van der Waals surface area contributed by atoms with Gasteiger partial charge in [0.15, 0.2) is 16.6 Å². The van der Waals surface area contributed by atoms with E-state index in [1.54, 1.807) is 7.11 Å². The van der Waals surface area contributed by atoms with Gasteiger partial charge in [-0.3, -0.25) is 0 Å². The number of methoxy groups -OCH3 is 1. The zero-order chi connectivity index (χ0) is 16.2. The van der Waals surface area contributed by atoms with Crippen LogP contribution in [0.1, 0.15) is 11.5 Å². The van der Waals surface area contributed by atoms with Gasteiger partial charge in [-0.25, -0.2) is 4.98 Å². The molecule has 0 aliphatic rings. The maximum Gasteiger partial charge on any atom is 0.192 e. The Hall–Kier alpha value is -2.60. The van der Waals surface area contributed by atoms with Crippen LogP contribution >= 0.6 is 12.2 Å². The molecule has 0 aliphatic heterocycles. The lowest BCUT2D eigenvalue weighted by Crippen LogP contribution is -2.27. The maximum absolute atomic E-state index is 5.45. The molecule has 3 aromatic rings. The monoisotopic (exact) mass is 327 g/mol. The predicted molar refractivity (Wildman–Crippen MR) is 94.8 cm³/mol. The molecule has 0 saturated carbocycles. The SMILES string of the molecule is COc1ccc(CNC(=S)Nc2ccc3oc(C)nc3c2)cc1. The molecule has 0 radical (unpaired) electrons. The second-order valence-corrected chi connectivity index (χ2v) is 5.48. The van der Waals surface area contributed by atoms with E-state index in [-0.39, 0.29) is 0 Å². The fraction of sp³-hybridized carbons (Fsp3) is 0.176. The van der Waals surface area contributed by atoms with Gasteiger partial charge in [0.2, 0.25) is 0 Å². The lowest BCUT2D eigenvalue weighted by atomic mass is 10.2. The standard InChI is InChI=1S/C17H17N3O2S/c1-11-19-15-9-13(5-8-16(15)22-11)20-17(23)18-10-12-3-6-14(21-2)7-4-12/h3-9H,10H2,1-2H3,(H2,18,20,23). The Labute approximate surface area is 139 Å². The molecule has 0 unspecified atom stereocenters. The molecule has 0 bridgehead atoms. The summed E-state index contributed by atoms with van der Waals surface area (Å²) in [5.41, 5.74) is 3.58. The van der Waals surface area contributed by atoms with Crippen LogP contribution in [0.2, 0.25) is 0 Å². The number of thiocarbonyl (C=S) groups is 1.